The van der Waals surface area contributed by atoms with Gasteiger partial charge in [0.25, 0.3) is 5.91 Å². The lowest BCUT2D eigenvalue weighted by molar-refractivity contribution is 0.0920. The molecule has 170 valence electrons. The fourth-order valence-corrected chi connectivity index (χ4v) is 4.55. The van der Waals surface area contributed by atoms with E-state index in [0.29, 0.717) is 34.4 Å². The summed E-state index contributed by atoms with van der Waals surface area (Å²) in [5, 5.41) is 12.0. The number of nitrogens with zero attached hydrogens (tertiary/aromatic N) is 3. The minimum Gasteiger partial charge on any atom is -0.442 e. The Morgan fingerprint density at radius 1 is 1.25 bits per heavy atom. The summed E-state index contributed by atoms with van der Waals surface area (Å²) in [5.41, 5.74) is 0.349. The number of anilines is 2. The van der Waals surface area contributed by atoms with Gasteiger partial charge in [0.05, 0.1) is 28.0 Å². The molecule has 2 aromatic rings. The fourth-order valence-electron chi connectivity index (χ4n) is 3.59. The van der Waals surface area contributed by atoms with Gasteiger partial charge in [0, 0.05) is 18.8 Å². The Balaban J connectivity index is 1.40. The molecule has 4 amide bonds. The van der Waals surface area contributed by atoms with Crippen LogP contribution in [0.2, 0.25) is 4.34 Å². The van der Waals surface area contributed by atoms with Crippen molar-refractivity contribution in [2.75, 3.05) is 42.7 Å². The molecule has 0 bridgehead atoms. The molecule has 9 nitrogen and oxygen atoms in total. The summed E-state index contributed by atoms with van der Waals surface area (Å²) < 4.78 is 20.6. The van der Waals surface area contributed by atoms with Crippen LogP contribution < -0.4 is 15.1 Å². The first-order valence-corrected chi connectivity index (χ1v) is 11.1. The number of amides is 4. The number of ether oxygens (including phenoxy) is 1. The Morgan fingerprint density at radius 2 is 2.06 bits per heavy atom. The third-order valence-corrected chi connectivity index (χ3v) is 6.41. The lowest BCUT2D eigenvalue weighted by Crippen LogP contribution is -2.49. The van der Waals surface area contributed by atoms with Crippen molar-refractivity contribution in [2.45, 2.75) is 12.5 Å². The van der Waals surface area contributed by atoms with Crippen molar-refractivity contribution in [3.8, 4) is 0 Å². The molecule has 1 aromatic heterocycles. The van der Waals surface area contributed by atoms with Gasteiger partial charge in [0.1, 0.15) is 18.7 Å². The van der Waals surface area contributed by atoms with Gasteiger partial charge >= 0.3 is 12.1 Å². The van der Waals surface area contributed by atoms with Crippen LogP contribution in [0.3, 0.4) is 0 Å². The molecule has 2 fully saturated rings. The molecular formula is C20H20ClFN4O5S. The number of halogens is 2. The highest BCUT2D eigenvalue weighted by Crippen LogP contribution is 2.30. The maximum absolute atomic E-state index is 14.9. The maximum atomic E-state index is 14.9. The average molecular weight is 483 g/mol. The van der Waals surface area contributed by atoms with Crippen LogP contribution in [0.25, 0.3) is 0 Å². The van der Waals surface area contributed by atoms with Crippen LogP contribution in [0, 0.1) is 5.82 Å². The summed E-state index contributed by atoms with van der Waals surface area (Å²) in [6.07, 6.45) is -0.738. The monoisotopic (exact) mass is 482 g/mol. The Labute approximate surface area is 191 Å². The quantitative estimate of drug-likeness (QED) is 0.659. The van der Waals surface area contributed by atoms with Crippen molar-refractivity contribution < 1.29 is 28.6 Å². The molecule has 0 aliphatic carbocycles. The van der Waals surface area contributed by atoms with Crippen LogP contribution in [-0.2, 0) is 4.74 Å². The Bertz CT molecular complexity index is 1050. The number of benzene rings is 1. The van der Waals surface area contributed by atoms with E-state index < -0.39 is 30.8 Å². The molecule has 0 spiro atoms. The lowest BCUT2D eigenvalue weighted by Gasteiger charge is -2.34. The molecule has 0 saturated carbocycles. The second-order valence-corrected chi connectivity index (χ2v) is 8.97. The Hall–Kier alpha value is -2.89. The van der Waals surface area contributed by atoms with Gasteiger partial charge in [0.15, 0.2) is 0 Å². The summed E-state index contributed by atoms with van der Waals surface area (Å²) in [5.74, 6) is -1.03. The summed E-state index contributed by atoms with van der Waals surface area (Å²) in [7, 11) is 0. The van der Waals surface area contributed by atoms with E-state index in [4.69, 9.17) is 16.3 Å². The van der Waals surface area contributed by atoms with Crippen molar-refractivity contribution in [1.82, 2.24) is 10.2 Å². The third kappa shape index (κ3) is 4.50. The van der Waals surface area contributed by atoms with Crippen molar-refractivity contribution in [2.24, 2.45) is 0 Å². The van der Waals surface area contributed by atoms with E-state index >= 15 is 0 Å². The number of carbonyl (C=O) groups excluding carboxylic acids is 3. The molecule has 12 heteroatoms. The average Bonchev–Trinajstić information content (AvgIpc) is 3.37. The Morgan fingerprint density at radius 3 is 2.75 bits per heavy atom. The minimum atomic E-state index is -0.726. The van der Waals surface area contributed by atoms with Crippen molar-refractivity contribution >= 4 is 52.3 Å². The number of hydrogen-bond acceptors (Lipinski definition) is 6. The van der Waals surface area contributed by atoms with Crippen LogP contribution >= 0.6 is 22.9 Å². The standard InChI is InChI=1S/C20H20ClFN4O5S/c21-17-5-4-16(32-17)18(28)23-9-13-10-26(20(30)31-13)15-3-2-12(8-14(15)22)25-7-1-6-24(11-27)19(25)29/h2-5,8,13,27H,1,6-7,9-11H2,(H,23,28)/t13-/m0/s1. The fraction of sp³-hybridized carbons (Fsp3) is 0.350. The van der Waals surface area contributed by atoms with Crippen LogP contribution in [0.1, 0.15) is 16.1 Å². The summed E-state index contributed by atoms with van der Waals surface area (Å²) in [4.78, 5) is 41.0. The molecule has 3 heterocycles. The van der Waals surface area contributed by atoms with Crippen LogP contribution in [-0.4, -0.2) is 67.1 Å². The van der Waals surface area contributed by atoms with Crippen LogP contribution in [0.15, 0.2) is 30.3 Å². The predicted octanol–water partition coefficient (Wildman–Crippen LogP) is 2.88. The molecule has 0 radical (unpaired) electrons. The highest BCUT2D eigenvalue weighted by molar-refractivity contribution is 7.18. The van der Waals surface area contributed by atoms with Gasteiger partial charge < -0.3 is 20.1 Å². The normalized spacial score (nSPS) is 18.8. The van der Waals surface area contributed by atoms with E-state index in [2.05, 4.69) is 5.32 Å². The molecule has 1 atom stereocenters. The lowest BCUT2D eigenvalue weighted by atomic mass is 10.2. The number of hydrogen-bond donors (Lipinski definition) is 2. The third-order valence-electron chi connectivity index (χ3n) is 5.18. The number of rotatable bonds is 6. The highest BCUT2D eigenvalue weighted by Gasteiger charge is 2.35. The van der Waals surface area contributed by atoms with Crippen LogP contribution in [0.4, 0.5) is 25.4 Å². The second kappa shape index (κ2) is 9.31. The molecule has 2 aliphatic rings. The zero-order valence-electron chi connectivity index (χ0n) is 16.8. The number of nitrogens with one attached hydrogen (secondary N) is 1. The van der Waals surface area contributed by atoms with E-state index in [-0.39, 0.29) is 24.7 Å². The van der Waals surface area contributed by atoms with E-state index in [1.54, 1.807) is 18.2 Å². The number of aliphatic hydroxyl groups is 1. The number of thiophene rings is 1. The van der Waals surface area contributed by atoms with E-state index in [1.165, 1.54) is 21.9 Å². The summed E-state index contributed by atoms with van der Waals surface area (Å²) in [6.45, 7) is 0.546. The topological polar surface area (TPSA) is 102 Å². The predicted molar refractivity (Wildman–Crippen MR) is 117 cm³/mol. The van der Waals surface area contributed by atoms with E-state index in [0.717, 1.165) is 16.2 Å². The molecule has 1 aromatic carbocycles. The van der Waals surface area contributed by atoms with Gasteiger partial charge in [-0.05, 0) is 36.8 Å². The SMILES string of the molecule is O=C(NC[C@H]1CN(c2ccc(N3CCCN(CO)C3=O)cc2F)C(=O)O1)c1ccc(Cl)s1. The molecule has 2 N–H and O–H groups in total. The van der Waals surface area contributed by atoms with Gasteiger partial charge in [-0.15, -0.1) is 11.3 Å². The first-order valence-electron chi connectivity index (χ1n) is 9.86. The highest BCUT2D eigenvalue weighted by atomic mass is 35.5. The van der Waals surface area contributed by atoms with Gasteiger partial charge in [-0.25, -0.2) is 14.0 Å². The molecule has 2 saturated heterocycles. The van der Waals surface area contributed by atoms with Gasteiger partial charge in [-0.3, -0.25) is 14.6 Å². The second-order valence-electron chi connectivity index (χ2n) is 7.26. The molecule has 0 unspecified atom stereocenters. The Kier molecular flexibility index (Phi) is 6.49. The van der Waals surface area contributed by atoms with E-state index in [9.17, 15) is 23.9 Å². The number of urea groups is 1. The molecule has 4 rings (SSSR count). The van der Waals surface area contributed by atoms with E-state index in [1.807, 2.05) is 0 Å². The van der Waals surface area contributed by atoms with Gasteiger partial charge in [-0.1, -0.05) is 11.6 Å². The number of cyclic esters (lactones) is 1. The van der Waals surface area contributed by atoms with Gasteiger partial charge in [0.2, 0.25) is 0 Å². The smallest absolute Gasteiger partial charge is 0.414 e. The van der Waals surface area contributed by atoms with Crippen LogP contribution in [0.5, 0.6) is 0 Å². The summed E-state index contributed by atoms with van der Waals surface area (Å²) >= 11 is 6.96. The first kappa shape index (κ1) is 22.3. The van der Waals surface area contributed by atoms with Crippen molar-refractivity contribution in [3.63, 3.8) is 0 Å². The number of carbonyl (C=O) groups is 3. The van der Waals surface area contributed by atoms with Crippen molar-refractivity contribution in [3.05, 3.63) is 45.4 Å². The largest absolute Gasteiger partial charge is 0.442 e. The number of aliphatic hydroxyl groups excluding tert-OH is 1. The molecule has 2 aliphatic heterocycles. The zero-order valence-corrected chi connectivity index (χ0v) is 18.4. The zero-order chi connectivity index (χ0) is 22.8. The van der Waals surface area contributed by atoms with Crippen molar-refractivity contribution in [1.29, 1.82) is 0 Å². The first-order chi connectivity index (χ1) is 15.4. The summed E-state index contributed by atoms with van der Waals surface area (Å²) in [6, 6.07) is 6.93. The van der Waals surface area contributed by atoms with Gasteiger partial charge in [-0.2, -0.15) is 0 Å². The molecular weight excluding hydrogens is 463 g/mol. The molecule has 32 heavy (non-hydrogen) atoms. The maximum Gasteiger partial charge on any atom is 0.414 e. The minimum absolute atomic E-state index is 0.0149.